The highest BCUT2D eigenvalue weighted by Gasteiger charge is 2.35. The van der Waals surface area contributed by atoms with Crippen LogP contribution in [0.3, 0.4) is 0 Å². The lowest BCUT2D eigenvalue weighted by Crippen LogP contribution is -2.47. The van der Waals surface area contributed by atoms with E-state index >= 15 is 0 Å². The Hall–Kier alpha value is -0.960. The molecule has 0 spiro atoms. The predicted molar refractivity (Wildman–Crippen MR) is 88.9 cm³/mol. The van der Waals surface area contributed by atoms with Crippen LogP contribution in [0.15, 0.2) is 11.1 Å². The molecule has 0 radical (unpaired) electrons. The van der Waals surface area contributed by atoms with Crippen molar-refractivity contribution in [2.45, 2.75) is 38.3 Å². The van der Waals surface area contributed by atoms with Crippen molar-refractivity contribution in [1.29, 1.82) is 0 Å². The average Bonchev–Trinajstić information content (AvgIpc) is 2.88. The zero-order chi connectivity index (χ0) is 17.1. The van der Waals surface area contributed by atoms with E-state index in [9.17, 15) is 8.42 Å². The Labute approximate surface area is 139 Å². The highest BCUT2D eigenvalue weighted by Crippen LogP contribution is 2.31. The number of aryl methyl sites for hydroxylation is 2. The Kier molecular flexibility index (Phi) is 5.83. The molecule has 0 unspecified atom stereocenters. The lowest BCUT2D eigenvalue weighted by atomic mass is 9.80. The maximum absolute atomic E-state index is 12.7. The molecule has 2 heterocycles. The monoisotopic (exact) mass is 344 g/mol. The SMILES string of the molecule is CCn1nc(C)cc1S(=O)(=O)NCC1(CN(C)C)CCOCC1. The Morgan fingerprint density at radius 3 is 2.61 bits per heavy atom. The lowest BCUT2D eigenvalue weighted by molar-refractivity contribution is 0.00511. The Balaban J connectivity index is 2.15. The van der Waals surface area contributed by atoms with Gasteiger partial charge in [-0.05, 0) is 46.9 Å². The van der Waals surface area contributed by atoms with E-state index in [-0.39, 0.29) is 10.4 Å². The number of sulfonamides is 1. The molecule has 0 amide bonds. The molecule has 1 saturated heterocycles. The number of nitrogens with one attached hydrogen (secondary N) is 1. The summed E-state index contributed by atoms with van der Waals surface area (Å²) in [5.74, 6) is 0. The number of rotatable bonds is 7. The molecule has 0 aromatic carbocycles. The fourth-order valence-corrected chi connectivity index (χ4v) is 4.57. The summed E-state index contributed by atoms with van der Waals surface area (Å²) in [5, 5.41) is 4.47. The van der Waals surface area contributed by atoms with Crippen LogP contribution in [0.1, 0.15) is 25.5 Å². The molecular weight excluding hydrogens is 316 g/mol. The minimum Gasteiger partial charge on any atom is -0.381 e. The van der Waals surface area contributed by atoms with E-state index in [0.29, 0.717) is 32.0 Å². The summed E-state index contributed by atoms with van der Waals surface area (Å²) >= 11 is 0. The van der Waals surface area contributed by atoms with Gasteiger partial charge in [0.15, 0.2) is 5.03 Å². The topological polar surface area (TPSA) is 76.5 Å². The molecule has 132 valence electrons. The molecular formula is C15H28N4O3S. The second-order valence-corrected chi connectivity index (χ2v) is 8.33. The van der Waals surface area contributed by atoms with Gasteiger partial charge >= 0.3 is 0 Å². The maximum Gasteiger partial charge on any atom is 0.257 e. The number of hydrogen-bond acceptors (Lipinski definition) is 5. The number of ether oxygens (including phenoxy) is 1. The first kappa shape index (κ1) is 18.4. The third-order valence-corrected chi connectivity index (χ3v) is 5.69. The minimum absolute atomic E-state index is 0.0824. The molecule has 8 heteroatoms. The van der Waals surface area contributed by atoms with Gasteiger partial charge in [-0.1, -0.05) is 0 Å². The summed E-state index contributed by atoms with van der Waals surface area (Å²) in [4.78, 5) is 2.11. The van der Waals surface area contributed by atoms with Gasteiger partial charge in [-0.25, -0.2) is 13.1 Å². The minimum atomic E-state index is -3.56. The largest absolute Gasteiger partial charge is 0.381 e. The zero-order valence-corrected chi connectivity index (χ0v) is 15.3. The van der Waals surface area contributed by atoms with Gasteiger partial charge in [-0.3, -0.25) is 4.68 Å². The summed E-state index contributed by atoms with van der Waals surface area (Å²) in [7, 11) is 0.466. The molecule has 1 aromatic heterocycles. The summed E-state index contributed by atoms with van der Waals surface area (Å²) in [6, 6.07) is 1.62. The van der Waals surface area contributed by atoms with E-state index in [1.54, 1.807) is 13.0 Å². The first-order chi connectivity index (χ1) is 10.8. The van der Waals surface area contributed by atoms with Gasteiger partial charge < -0.3 is 9.64 Å². The van der Waals surface area contributed by atoms with Crippen LogP contribution in [0.4, 0.5) is 0 Å². The van der Waals surface area contributed by atoms with Crippen molar-refractivity contribution in [1.82, 2.24) is 19.4 Å². The van der Waals surface area contributed by atoms with Crippen LogP contribution in [-0.4, -0.2) is 63.5 Å². The molecule has 1 aliphatic heterocycles. The molecule has 0 aliphatic carbocycles. The molecule has 2 rings (SSSR count). The van der Waals surface area contributed by atoms with E-state index < -0.39 is 10.0 Å². The second kappa shape index (κ2) is 7.29. The van der Waals surface area contributed by atoms with E-state index in [1.165, 1.54) is 4.68 Å². The van der Waals surface area contributed by atoms with Gasteiger partial charge in [-0.2, -0.15) is 5.10 Å². The van der Waals surface area contributed by atoms with E-state index in [1.807, 2.05) is 21.0 Å². The van der Waals surface area contributed by atoms with Crippen molar-refractivity contribution in [3.05, 3.63) is 11.8 Å². The molecule has 1 aromatic rings. The van der Waals surface area contributed by atoms with Gasteiger partial charge in [-0.15, -0.1) is 0 Å². The Morgan fingerprint density at radius 1 is 1.39 bits per heavy atom. The van der Waals surface area contributed by atoms with Crippen LogP contribution in [0.2, 0.25) is 0 Å². The van der Waals surface area contributed by atoms with Crippen LogP contribution in [-0.2, 0) is 21.3 Å². The van der Waals surface area contributed by atoms with E-state index in [4.69, 9.17) is 4.74 Å². The lowest BCUT2D eigenvalue weighted by Gasteiger charge is -2.39. The third-order valence-electron chi connectivity index (χ3n) is 4.28. The first-order valence-electron chi connectivity index (χ1n) is 8.05. The normalized spacial score (nSPS) is 18.5. The van der Waals surface area contributed by atoms with Crippen molar-refractivity contribution in [3.63, 3.8) is 0 Å². The fraction of sp³-hybridized carbons (Fsp3) is 0.800. The average molecular weight is 344 g/mol. The Morgan fingerprint density at radius 2 is 2.04 bits per heavy atom. The number of nitrogens with zero attached hydrogens (tertiary/aromatic N) is 3. The quantitative estimate of drug-likeness (QED) is 0.793. The van der Waals surface area contributed by atoms with Crippen molar-refractivity contribution in [2.75, 3.05) is 40.4 Å². The van der Waals surface area contributed by atoms with Gasteiger partial charge in [0.2, 0.25) is 0 Å². The molecule has 7 nitrogen and oxygen atoms in total. The van der Waals surface area contributed by atoms with E-state index in [2.05, 4.69) is 14.7 Å². The predicted octanol–water partition coefficient (Wildman–Crippen LogP) is 0.848. The molecule has 1 aliphatic rings. The van der Waals surface area contributed by atoms with Crippen molar-refractivity contribution >= 4 is 10.0 Å². The maximum atomic E-state index is 12.7. The fourth-order valence-electron chi connectivity index (χ4n) is 3.15. The van der Waals surface area contributed by atoms with Gasteiger partial charge in [0.05, 0.1) is 5.69 Å². The zero-order valence-electron chi connectivity index (χ0n) is 14.5. The number of hydrogen-bond donors (Lipinski definition) is 1. The molecule has 23 heavy (non-hydrogen) atoms. The van der Waals surface area contributed by atoms with Crippen LogP contribution >= 0.6 is 0 Å². The summed E-state index contributed by atoms with van der Waals surface area (Å²) in [6.07, 6.45) is 1.72. The highest BCUT2D eigenvalue weighted by molar-refractivity contribution is 7.89. The highest BCUT2D eigenvalue weighted by atomic mass is 32.2. The Bertz CT molecular complexity index is 619. The summed E-state index contributed by atoms with van der Waals surface area (Å²) < 4.78 is 35.1. The van der Waals surface area contributed by atoms with Crippen LogP contribution < -0.4 is 4.72 Å². The standard InChI is InChI=1S/C15H28N4O3S/c1-5-19-14(10-13(2)17-19)23(20,21)16-11-15(12-18(3)4)6-8-22-9-7-15/h10,16H,5-9,11-12H2,1-4H3. The molecule has 1 fully saturated rings. The van der Waals surface area contributed by atoms with Crippen molar-refractivity contribution in [2.24, 2.45) is 5.41 Å². The molecule has 0 bridgehead atoms. The molecule has 1 N–H and O–H groups in total. The van der Waals surface area contributed by atoms with Crippen molar-refractivity contribution in [3.8, 4) is 0 Å². The van der Waals surface area contributed by atoms with Gasteiger partial charge in [0.25, 0.3) is 10.0 Å². The van der Waals surface area contributed by atoms with Crippen LogP contribution in [0.25, 0.3) is 0 Å². The second-order valence-electron chi connectivity index (χ2n) is 6.61. The van der Waals surface area contributed by atoms with Gasteiger partial charge in [0, 0.05) is 38.3 Å². The first-order valence-corrected chi connectivity index (χ1v) is 9.53. The van der Waals surface area contributed by atoms with E-state index in [0.717, 1.165) is 19.4 Å². The van der Waals surface area contributed by atoms with Crippen LogP contribution in [0, 0.1) is 12.3 Å². The summed E-state index contributed by atoms with van der Waals surface area (Å²) in [5.41, 5.74) is 0.627. The van der Waals surface area contributed by atoms with Crippen LogP contribution in [0.5, 0.6) is 0 Å². The summed E-state index contributed by atoms with van der Waals surface area (Å²) in [6.45, 7) is 6.84. The van der Waals surface area contributed by atoms with Crippen molar-refractivity contribution < 1.29 is 13.2 Å². The molecule has 0 atom stereocenters. The molecule has 0 saturated carbocycles. The smallest absolute Gasteiger partial charge is 0.257 e. The number of aromatic nitrogens is 2. The third kappa shape index (κ3) is 4.53. The van der Waals surface area contributed by atoms with Gasteiger partial charge in [0.1, 0.15) is 0 Å².